The van der Waals surface area contributed by atoms with Gasteiger partial charge in [0.05, 0.1) is 16.7 Å². The van der Waals surface area contributed by atoms with Crippen molar-refractivity contribution in [3.05, 3.63) is 46.5 Å². The number of para-hydroxylation sites is 1. The van der Waals surface area contributed by atoms with Crippen molar-refractivity contribution in [3.8, 4) is 11.3 Å². The molecule has 0 atom stereocenters. The summed E-state index contributed by atoms with van der Waals surface area (Å²) in [6, 6.07) is 5.21. The fourth-order valence-electron chi connectivity index (χ4n) is 2.10. The van der Waals surface area contributed by atoms with Crippen LogP contribution in [-0.4, -0.2) is 19.9 Å². The van der Waals surface area contributed by atoms with E-state index in [1.54, 1.807) is 18.2 Å². The van der Waals surface area contributed by atoms with E-state index in [1.807, 2.05) is 6.92 Å². The van der Waals surface area contributed by atoms with Crippen LogP contribution in [0.25, 0.3) is 22.3 Å². The summed E-state index contributed by atoms with van der Waals surface area (Å²) in [5, 5.41) is 0. The molecule has 2 heterocycles. The van der Waals surface area contributed by atoms with Gasteiger partial charge in [0.2, 0.25) is 0 Å². The molecule has 96 valence electrons. The fraction of sp³-hybridized carbons (Fsp3) is 0.154. The van der Waals surface area contributed by atoms with Crippen LogP contribution in [0.5, 0.6) is 0 Å². The van der Waals surface area contributed by atoms with Gasteiger partial charge in [-0.25, -0.2) is 19.2 Å². The Morgan fingerprint density at radius 1 is 1.26 bits per heavy atom. The van der Waals surface area contributed by atoms with Crippen molar-refractivity contribution in [2.45, 2.75) is 13.3 Å². The number of nitrogens with one attached hydrogen (secondary N) is 2. The maximum absolute atomic E-state index is 14.3. The second kappa shape index (κ2) is 4.31. The van der Waals surface area contributed by atoms with Crippen molar-refractivity contribution in [1.82, 2.24) is 19.9 Å². The number of hydrogen-bond acceptors (Lipinski definition) is 3. The van der Waals surface area contributed by atoms with Crippen LogP contribution in [-0.2, 0) is 6.42 Å². The highest BCUT2D eigenvalue weighted by Crippen LogP contribution is 2.26. The molecule has 2 N–H and O–H groups in total. The molecule has 0 amide bonds. The number of imidazole rings is 1. The first kappa shape index (κ1) is 11.6. The molecule has 1 aromatic carbocycles. The average Bonchev–Trinajstić information content (AvgIpc) is 2.79. The number of aryl methyl sites for hydroxylation is 1. The third-order valence-corrected chi connectivity index (χ3v) is 3.00. The molecule has 0 saturated carbocycles. The Morgan fingerprint density at radius 2 is 2.11 bits per heavy atom. The topological polar surface area (TPSA) is 74.4 Å². The molecule has 0 fully saturated rings. The molecule has 19 heavy (non-hydrogen) atoms. The Labute approximate surface area is 107 Å². The van der Waals surface area contributed by atoms with E-state index in [0.717, 1.165) is 0 Å². The summed E-state index contributed by atoms with van der Waals surface area (Å²) in [6.45, 7) is 1.83. The van der Waals surface area contributed by atoms with Gasteiger partial charge in [0, 0.05) is 5.56 Å². The lowest BCUT2D eigenvalue weighted by Gasteiger charge is -2.06. The predicted molar refractivity (Wildman–Crippen MR) is 69.3 cm³/mol. The molecule has 0 aliphatic heterocycles. The quantitative estimate of drug-likeness (QED) is 0.738. The maximum atomic E-state index is 14.3. The van der Waals surface area contributed by atoms with Crippen LogP contribution in [0.1, 0.15) is 12.6 Å². The van der Waals surface area contributed by atoms with E-state index in [9.17, 15) is 9.18 Å². The highest BCUT2D eigenvalue weighted by atomic mass is 19.1. The first-order chi connectivity index (χ1) is 9.20. The van der Waals surface area contributed by atoms with Crippen LogP contribution in [0, 0.1) is 5.82 Å². The lowest BCUT2D eigenvalue weighted by Crippen LogP contribution is -2.01. The SMILES string of the molecule is CCc1ncnc(-c2cccc3[nH]c(=O)[nH]c23)c1F. The molecule has 0 bridgehead atoms. The number of aromatic amines is 2. The van der Waals surface area contributed by atoms with E-state index in [4.69, 9.17) is 0 Å². The van der Waals surface area contributed by atoms with Crippen molar-refractivity contribution < 1.29 is 4.39 Å². The van der Waals surface area contributed by atoms with E-state index < -0.39 is 5.82 Å². The minimum absolute atomic E-state index is 0.202. The zero-order valence-electron chi connectivity index (χ0n) is 10.2. The Morgan fingerprint density at radius 3 is 2.89 bits per heavy atom. The van der Waals surface area contributed by atoms with Crippen molar-refractivity contribution in [1.29, 1.82) is 0 Å². The number of hydrogen-bond donors (Lipinski definition) is 2. The van der Waals surface area contributed by atoms with Gasteiger partial charge in [-0.2, -0.15) is 0 Å². The fourth-order valence-corrected chi connectivity index (χ4v) is 2.10. The number of halogens is 1. The second-order valence-electron chi connectivity index (χ2n) is 4.14. The molecule has 0 unspecified atom stereocenters. The normalized spacial score (nSPS) is 11.1. The third-order valence-electron chi connectivity index (χ3n) is 3.00. The van der Waals surface area contributed by atoms with E-state index in [1.165, 1.54) is 6.33 Å². The standard InChI is InChI=1S/C13H11FN4O/c1-2-8-10(14)12(16-6-15-8)7-4-3-5-9-11(7)18-13(19)17-9/h3-6H,2H2,1H3,(H2,17,18,19). The van der Waals surface area contributed by atoms with E-state index in [-0.39, 0.29) is 11.4 Å². The molecule has 0 spiro atoms. The van der Waals surface area contributed by atoms with Crippen LogP contribution in [0.15, 0.2) is 29.3 Å². The average molecular weight is 258 g/mol. The predicted octanol–water partition coefficient (Wildman–Crippen LogP) is 2.01. The molecule has 3 aromatic rings. The Hall–Kier alpha value is -2.50. The van der Waals surface area contributed by atoms with Gasteiger partial charge in [-0.15, -0.1) is 0 Å². The number of fused-ring (bicyclic) bond motifs is 1. The van der Waals surface area contributed by atoms with Crippen molar-refractivity contribution in [3.63, 3.8) is 0 Å². The summed E-state index contributed by atoms with van der Waals surface area (Å²) in [5.74, 6) is -0.445. The van der Waals surface area contributed by atoms with Crippen molar-refractivity contribution >= 4 is 11.0 Å². The van der Waals surface area contributed by atoms with Gasteiger partial charge in [-0.05, 0) is 12.5 Å². The molecule has 0 aliphatic rings. The minimum Gasteiger partial charge on any atom is -0.306 e. The Kier molecular flexibility index (Phi) is 2.63. The van der Waals surface area contributed by atoms with Crippen LogP contribution in [0.4, 0.5) is 4.39 Å². The maximum Gasteiger partial charge on any atom is 0.323 e. The Balaban J connectivity index is 2.33. The van der Waals surface area contributed by atoms with Crippen molar-refractivity contribution in [2.75, 3.05) is 0 Å². The first-order valence-electron chi connectivity index (χ1n) is 5.91. The third kappa shape index (κ3) is 1.81. The van der Waals surface area contributed by atoms with Gasteiger partial charge < -0.3 is 9.97 Å². The molecule has 6 heteroatoms. The highest BCUT2D eigenvalue weighted by molar-refractivity contribution is 5.90. The zero-order valence-corrected chi connectivity index (χ0v) is 10.2. The van der Waals surface area contributed by atoms with Crippen LogP contribution in [0.3, 0.4) is 0 Å². The van der Waals surface area contributed by atoms with Gasteiger partial charge >= 0.3 is 5.69 Å². The number of rotatable bonds is 2. The molecule has 5 nitrogen and oxygen atoms in total. The van der Waals surface area contributed by atoms with Crippen molar-refractivity contribution in [2.24, 2.45) is 0 Å². The lowest BCUT2D eigenvalue weighted by atomic mass is 10.1. The molecular weight excluding hydrogens is 247 g/mol. The van der Waals surface area contributed by atoms with Gasteiger partial charge in [0.25, 0.3) is 0 Å². The van der Waals surface area contributed by atoms with Crippen LogP contribution < -0.4 is 5.69 Å². The lowest BCUT2D eigenvalue weighted by molar-refractivity contribution is 0.598. The smallest absolute Gasteiger partial charge is 0.306 e. The zero-order chi connectivity index (χ0) is 13.4. The number of aromatic nitrogens is 4. The summed E-state index contributed by atoms with van der Waals surface area (Å²) in [7, 11) is 0. The summed E-state index contributed by atoms with van der Waals surface area (Å²) < 4.78 is 14.3. The van der Waals surface area contributed by atoms with Gasteiger partial charge in [-0.1, -0.05) is 19.1 Å². The summed E-state index contributed by atoms with van der Waals surface area (Å²) >= 11 is 0. The Bertz CT molecular complexity index is 806. The minimum atomic E-state index is -0.445. The number of H-pyrrole nitrogens is 2. The molecular formula is C13H11FN4O. The summed E-state index contributed by atoms with van der Waals surface area (Å²) in [5.41, 5.74) is 1.95. The largest absolute Gasteiger partial charge is 0.323 e. The highest BCUT2D eigenvalue weighted by Gasteiger charge is 2.15. The van der Waals surface area contributed by atoms with Crippen LogP contribution in [0.2, 0.25) is 0 Å². The molecule has 0 saturated heterocycles. The molecule has 0 radical (unpaired) electrons. The monoisotopic (exact) mass is 258 g/mol. The van der Waals surface area contributed by atoms with E-state index in [2.05, 4.69) is 19.9 Å². The van der Waals surface area contributed by atoms with Gasteiger partial charge in [-0.3, -0.25) is 0 Å². The number of nitrogens with zero attached hydrogens (tertiary/aromatic N) is 2. The first-order valence-corrected chi connectivity index (χ1v) is 5.91. The van der Waals surface area contributed by atoms with E-state index >= 15 is 0 Å². The summed E-state index contributed by atoms with van der Waals surface area (Å²) in [4.78, 5) is 24.5. The van der Waals surface area contributed by atoms with Gasteiger partial charge in [0.1, 0.15) is 12.0 Å². The van der Waals surface area contributed by atoms with E-state index in [0.29, 0.717) is 28.7 Å². The van der Waals surface area contributed by atoms with Crippen LogP contribution >= 0.6 is 0 Å². The van der Waals surface area contributed by atoms with Gasteiger partial charge in [0.15, 0.2) is 5.82 Å². The molecule has 2 aromatic heterocycles. The molecule has 3 rings (SSSR count). The second-order valence-corrected chi connectivity index (χ2v) is 4.14. The summed E-state index contributed by atoms with van der Waals surface area (Å²) in [6.07, 6.45) is 1.82. The molecule has 0 aliphatic carbocycles. The number of benzene rings is 1.